The Labute approximate surface area is 102 Å². The first-order valence-electron chi connectivity index (χ1n) is 5.33. The van der Waals surface area contributed by atoms with Gasteiger partial charge in [0, 0.05) is 5.57 Å². The second-order valence-corrected chi connectivity index (χ2v) is 3.49. The fourth-order valence-electron chi connectivity index (χ4n) is 1.42. The lowest BCUT2D eigenvalue weighted by atomic mass is 10.0. The number of Topliss-reactive ketones (excluding diaryl/α,β-unsaturated/α-hetero) is 1. The van der Waals surface area contributed by atoms with Gasteiger partial charge < -0.3 is 4.74 Å². The minimum absolute atomic E-state index is 0.0314. The Morgan fingerprint density at radius 2 is 1.88 bits per heavy atom. The van der Waals surface area contributed by atoms with Crippen molar-refractivity contribution >= 4 is 11.4 Å². The Hall–Kier alpha value is -2.09. The lowest BCUT2D eigenvalue weighted by Gasteiger charge is -2.04. The van der Waals surface area contributed by atoms with Gasteiger partial charge in [0.1, 0.15) is 5.75 Å². The third kappa shape index (κ3) is 3.76. The Balaban J connectivity index is 3.05. The topological polar surface area (TPSA) is 26.3 Å². The van der Waals surface area contributed by atoms with Crippen molar-refractivity contribution in [1.82, 2.24) is 0 Å². The van der Waals surface area contributed by atoms with Crippen LogP contribution in [-0.2, 0) is 4.79 Å². The molecule has 0 amide bonds. The van der Waals surface area contributed by atoms with Crippen LogP contribution in [0, 0.1) is 0 Å². The second-order valence-electron chi connectivity index (χ2n) is 3.49. The molecule has 2 heteroatoms. The van der Waals surface area contributed by atoms with Crippen molar-refractivity contribution in [2.45, 2.75) is 6.92 Å². The largest absolute Gasteiger partial charge is 0.497 e. The molecule has 0 fully saturated rings. The van der Waals surface area contributed by atoms with E-state index in [1.807, 2.05) is 24.3 Å². The quantitative estimate of drug-likeness (QED) is 0.570. The van der Waals surface area contributed by atoms with Gasteiger partial charge in [0.2, 0.25) is 0 Å². The summed E-state index contributed by atoms with van der Waals surface area (Å²) < 4.78 is 5.08. The van der Waals surface area contributed by atoms with Gasteiger partial charge in [0.05, 0.1) is 7.11 Å². The summed E-state index contributed by atoms with van der Waals surface area (Å²) in [5, 5.41) is 0. The van der Waals surface area contributed by atoms with E-state index < -0.39 is 0 Å². The average Bonchev–Trinajstić information content (AvgIpc) is 2.34. The third-order valence-electron chi connectivity index (χ3n) is 2.29. The normalized spacial score (nSPS) is 11.5. The monoisotopic (exact) mass is 228 g/mol. The van der Waals surface area contributed by atoms with Crippen LogP contribution < -0.4 is 4.74 Å². The molecule has 0 saturated heterocycles. The summed E-state index contributed by atoms with van der Waals surface area (Å²) in [6, 6.07) is 7.41. The highest BCUT2D eigenvalue weighted by Gasteiger charge is 2.05. The summed E-state index contributed by atoms with van der Waals surface area (Å²) in [5.74, 6) is 0.808. The molecule has 0 unspecified atom stereocenters. The van der Waals surface area contributed by atoms with Crippen LogP contribution in [-0.4, -0.2) is 12.9 Å². The van der Waals surface area contributed by atoms with Crippen molar-refractivity contribution in [3.8, 4) is 5.75 Å². The van der Waals surface area contributed by atoms with Crippen molar-refractivity contribution in [1.29, 1.82) is 0 Å². The zero-order valence-corrected chi connectivity index (χ0v) is 10.1. The molecule has 0 radical (unpaired) electrons. The average molecular weight is 228 g/mol. The maximum absolute atomic E-state index is 11.5. The molecular weight excluding hydrogens is 212 g/mol. The van der Waals surface area contributed by atoms with Crippen LogP contribution in [0.15, 0.2) is 55.1 Å². The molecule has 1 aromatic carbocycles. The van der Waals surface area contributed by atoms with E-state index in [-0.39, 0.29) is 5.78 Å². The molecule has 2 nitrogen and oxygen atoms in total. The van der Waals surface area contributed by atoms with E-state index in [1.165, 1.54) is 0 Å². The van der Waals surface area contributed by atoms with Crippen molar-refractivity contribution in [3.05, 3.63) is 60.7 Å². The minimum atomic E-state index is 0.0314. The molecule has 0 aromatic heterocycles. The van der Waals surface area contributed by atoms with Gasteiger partial charge in [0.25, 0.3) is 0 Å². The van der Waals surface area contributed by atoms with Crippen LogP contribution in [0.4, 0.5) is 0 Å². The molecule has 0 N–H and O–H groups in total. The molecule has 0 bridgehead atoms. The molecule has 0 spiro atoms. The fourth-order valence-corrected chi connectivity index (χ4v) is 1.42. The lowest BCUT2D eigenvalue weighted by Crippen LogP contribution is -1.95. The number of rotatable bonds is 5. The maximum atomic E-state index is 11.5. The number of hydrogen-bond donors (Lipinski definition) is 0. The number of benzene rings is 1. The Kier molecular flexibility index (Phi) is 4.95. The summed E-state index contributed by atoms with van der Waals surface area (Å²) in [7, 11) is 1.61. The van der Waals surface area contributed by atoms with Crippen LogP contribution in [0.2, 0.25) is 0 Å². The predicted octanol–water partition coefficient (Wildman–Crippen LogP) is 3.41. The van der Waals surface area contributed by atoms with Crippen molar-refractivity contribution in [3.63, 3.8) is 0 Å². The van der Waals surface area contributed by atoms with Gasteiger partial charge in [-0.15, -0.1) is 0 Å². The zero-order chi connectivity index (χ0) is 12.7. The van der Waals surface area contributed by atoms with E-state index in [2.05, 4.69) is 6.58 Å². The maximum Gasteiger partial charge on any atom is 0.160 e. The Bertz CT molecular complexity index is 450. The number of allylic oxidation sites excluding steroid dienone is 5. The van der Waals surface area contributed by atoms with E-state index in [9.17, 15) is 4.79 Å². The van der Waals surface area contributed by atoms with Crippen molar-refractivity contribution < 1.29 is 9.53 Å². The molecule has 0 aliphatic rings. The first-order chi connectivity index (χ1) is 8.19. The van der Waals surface area contributed by atoms with E-state index in [1.54, 1.807) is 38.3 Å². The highest BCUT2D eigenvalue weighted by atomic mass is 16.5. The molecule has 0 heterocycles. The van der Waals surface area contributed by atoms with Gasteiger partial charge in [-0.25, -0.2) is 0 Å². The molecular formula is C15H16O2. The van der Waals surface area contributed by atoms with Crippen LogP contribution in [0.3, 0.4) is 0 Å². The molecule has 0 saturated carbocycles. The number of hydrogen-bond acceptors (Lipinski definition) is 2. The first-order valence-corrected chi connectivity index (χ1v) is 5.33. The number of carbonyl (C=O) groups excluding carboxylic acids is 1. The van der Waals surface area contributed by atoms with E-state index in [4.69, 9.17) is 4.74 Å². The van der Waals surface area contributed by atoms with Crippen molar-refractivity contribution in [2.24, 2.45) is 0 Å². The van der Waals surface area contributed by atoms with E-state index in [0.29, 0.717) is 5.57 Å². The Morgan fingerprint density at radius 1 is 1.24 bits per heavy atom. The van der Waals surface area contributed by atoms with E-state index in [0.717, 1.165) is 11.3 Å². The van der Waals surface area contributed by atoms with Gasteiger partial charge in [0.15, 0.2) is 5.78 Å². The summed E-state index contributed by atoms with van der Waals surface area (Å²) in [6.45, 7) is 5.13. The van der Waals surface area contributed by atoms with Crippen LogP contribution in [0.1, 0.15) is 12.5 Å². The number of ketones is 1. The molecule has 1 rings (SSSR count). The summed E-state index contributed by atoms with van der Waals surface area (Å²) in [4.78, 5) is 11.5. The predicted molar refractivity (Wildman–Crippen MR) is 71.0 cm³/mol. The van der Waals surface area contributed by atoms with Gasteiger partial charge >= 0.3 is 0 Å². The molecule has 1 aromatic rings. The molecule has 88 valence electrons. The number of methoxy groups -OCH3 is 1. The molecule has 0 aliphatic heterocycles. The summed E-state index contributed by atoms with van der Waals surface area (Å²) in [6.07, 6.45) is 7.04. The van der Waals surface area contributed by atoms with Crippen molar-refractivity contribution in [2.75, 3.05) is 7.11 Å². The standard InChI is InChI=1S/C15H16O2/c1-4-5-6-7-15(12(2)16)13-8-10-14(17-3)11-9-13/h4-11H,1H2,2-3H3. The lowest BCUT2D eigenvalue weighted by molar-refractivity contribution is -0.111. The molecule has 17 heavy (non-hydrogen) atoms. The zero-order valence-electron chi connectivity index (χ0n) is 10.1. The smallest absolute Gasteiger partial charge is 0.160 e. The first kappa shape index (κ1) is 13.0. The SMILES string of the molecule is C=CC=CC=C(C(C)=O)c1ccc(OC)cc1. The number of carbonyl (C=O) groups is 1. The van der Waals surface area contributed by atoms with Gasteiger partial charge in [-0.05, 0) is 24.6 Å². The highest BCUT2D eigenvalue weighted by molar-refractivity contribution is 6.19. The van der Waals surface area contributed by atoms with Gasteiger partial charge in [-0.2, -0.15) is 0 Å². The minimum Gasteiger partial charge on any atom is -0.497 e. The second kappa shape index (κ2) is 6.48. The van der Waals surface area contributed by atoms with Gasteiger partial charge in [-0.3, -0.25) is 4.79 Å². The van der Waals surface area contributed by atoms with Crippen LogP contribution in [0.5, 0.6) is 5.75 Å². The van der Waals surface area contributed by atoms with Crippen LogP contribution >= 0.6 is 0 Å². The summed E-state index contributed by atoms with van der Waals surface area (Å²) in [5.41, 5.74) is 1.55. The van der Waals surface area contributed by atoms with E-state index >= 15 is 0 Å². The van der Waals surface area contributed by atoms with Gasteiger partial charge in [-0.1, -0.05) is 43.0 Å². The number of ether oxygens (including phenoxy) is 1. The highest BCUT2D eigenvalue weighted by Crippen LogP contribution is 2.19. The molecule has 0 atom stereocenters. The fraction of sp³-hybridized carbons (Fsp3) is 0.133. The Morgan fingerprint density at radius 3 is 2.35 bits per heavy atom. The summed E-state index contributed by atoms with van der Waals surface area (Å²) >= 11 is 0. The molecule has 0 aliphatic carbocycles. The van der Waals surface area contributed by atoms with Crippen LogP contribution in [0.25, 0.3) is 5.57 Å². The third-order valence-corrected chi connectivity index (χ3v) is 2.29.